The van der Waals surface area contributed by atoms with E-state index in [2.05, 4.69) is 33.7 Å². The molecule has 8 heteroatoms. The van der Waals surface area contributed by atoms with E-state index in [9.17, 15) is 4.79 Å². The van der Waals surface area contributed by atoms with Crippen LogP contribution in [0.15, 0.2) is 77.8 Å². The van der Waals surface area contributed by atoms with Gasteiger partial charge in [-0.3, -0.25) is 0 Å². The summed E-state index contributed by atoms with van der Waals surface area (Å²) in [5, 5.41) is 7.04. The van der Waals surface area contributed by atoms with Crippen LogP contribution in [-0.2, 0) is 4.74 Å². The number of rotatable bonds is 3. The van der Waals surface area contributed by atoms with Crippen molar-refractivity contribution in [2.24, 2.45) is 4.99 Å². The fourth-order valence-corrected chi connectivity index (χ4v) is 4.52. The molecule has 0 saturated heterocycles. The van der Waals surface area contributed by atoms with Gasteiger partial charge in [-0.05, 0) is 35.9 Å². The lowest BCUT2D eigenvalue weighted by Crippen LogP contribution is -2.39. The highest BCUT2D eigenvalue weighted by molar-refractivity contribution is 6.09. The maximum Gasteiger partial charge on any atom is 0.337 e. The second-order valence-electron chi connectivity index (χ2n) is 8.37. The molecule has 3 aromatic rings. The maximum atomic E-state index is 11.9. The third-order valence-electron chi connectivity index (χ3n) is 6.25. The van der Waals surface area contributed by atoms with Crippen LogP contribution in [0.3, 0.4) is 0 Å². The Morgan fingerprint density at radius 3 is 2.69 bits per heavy atom. The van der Waals surface area contributed by atoms with Crippen molar-refractivity contribution >= 4 is 28.9 Å². The highest BCUT2D eigenvalue weighted by atomic mass is 16.6. The van der Waals surface area contributed by atoms with Gasteiger partial charge in [0.25, 0.3) is 0 Å². The number of ether oxygens (including phenoxy) is 3. The number of nitrogens with zero attached hydrogens (tertiary/aromatic N) is 2. The summed E-state index contributed by atoms with van der Waals surface area (Å²) in [7, 11) is 1.38. The Morgan fingerprint density at radius 1 is 1.06 bits per heavy atom. The minimum absolute atomic E-state index is 0.137. The van der Waals surface area contributed by atoms with Crippen LogP contribution in [0.5, 0.6) is 11.5 Å². The highest BCUT2D eigenvalue weighted by Gasteiger charge is 2.32. The van der Waals surface area contributed by atoms with Gasteiger partial charge < -0.3 is 29.7 Å². The molecule has 8 nitrogen and oxygen atoms in total. The van der Waals surface area contributed by atoms with E-state index in [0.29, 0.717) is 25.4 Å². The molecule has 0 bridgehead atoms. The first-order chi connectivity index (χ1) is 17.2. The molecule has 6 rings (SSSR count). The normalized spacial score (nSPS) is 17.7. The quantitative estimate of drug-likeness (QED) is 0.548. The number of methoxy groups -OCH3 is 1. The molecule has 2 N–H and O–H groups in total. The Kier molecular flexibility index (Phi) is 5.25. The highest BCUT2D eigenvalue weighted by Crippen LogP contribution is 2.41. The Bertz CT molecular complexity index is 1350. The molecule has 0 aliphatic carbocycles. The molecule has 176 valence electrons. The third kappa shape index (κ3) is 3.93. The van der Waals surface area contributed by atoms with E-state index in [4.69, 9.17) is 19.2 Å². The van der Waals surface area contributed by atoms with Gasteiger partial charge in [0.05, 0.1) is 18.4 Å². The zero-order valence-corrected chi connectivity index (χ0v) is 19.2. The molecule has 0 fully saturated rings. The van der Waals surface area contributed by atoms with Crippen molar-refractivity contribution in [2.75, 3.05) is 37.6 Å². The minimum atomic E-state index is -0.350. The first-order valence-corrected chi connectivity index (χ1v) is 11.4. The molecule has 35 heavy (non-hydrogen) atoms. The van der Waals surface area contributed by atoms with Gasteiger partial charge in [-0.15, -0.1) is 0 Å². The summed E-state index contributed by atoms with van der Waals surface area (Å²) in [5.41, 5.74) is 5.64. The molecule has 3 heterocycles. The standard InChI is InChI=1S/C27H24N4O4/c1-33-27(32)18-8-6-17(7-9-18)26-30-21-5-3-2-4-20(21)22-15-25(28-16-31(22)26)29-19-10-11-23-24(14-19)35-13-12-34-23/h2-11,14-15,26,30H,12-13,16H2,1H3,(H,28,29). The number of hydrogen-bond acceptors (Lipinski definition) is 8. The summed E-state index contributed by atoms with van der Waals surface area (Å²) in [6, 6.07) is 21.5. The molecule has 3 aliphatic heterocycles. The third-order valence-corrected chi connectivity index (χ3v) is 6.25. The number of carbonyl (C=O) groups is 1. The van der Waals surface area contributed by atoms with Gasteiger partial charge in [0.1, 0.15) is 31.9 Å². The summed E-state index contributed by atoms with van der Waals surface area (Å²) >= 11 is 0. The number of carbonyl (C=O) groups excluding carboxylic acids is 1. The number of para-hydroxylation sites is 1. The average molecular weight is 469 g/mol. The molecule has 0 radical (unpaired) electrons. The zero-order valence-electron chi connectivity index (χ0n) is 19.2. The number of anilines is 2. The van der Waals surface area contributed by atoms with E-state index in [1.54, 1.807) is 12.1 Å². The lowest BCUT2D eigenvalue weighted by atomic mass is 9.99. The molecule has 1 atom stereocenters. The fraction of sp³-hybridized carbons (Fsp3) is 0.185. The topological polar surface area (TPSA) is 84.4 Å². The van der Waals surface area contributed by atoms with Crippen LogP contribution in [-0.4, -0.2) is 43.7 Å². The number of benzene rings is 3. The Balaban J connectivity index is 1.31. The zero-order chi connectivity index (χ0) is 23.8. The average Bonchev–Trinajstić information content (AvgIpc) is 2.92. The second kappa shape index (κ2) is 8.72. The van der Waals surface area contributed by atoms with E-state index in [0.717, 1.165) is 45.5 Å². The van der Waals surface area contributed by atoms with Crippen LogP contribution in [0.4, 0.5) is 11.4 Å². The summed E-state index contributed by atoms with van der Waals surface area (Å²) < 4.78 is 16.2. The van der Waals surface area contributed by atoms with Crippen molar-refractivity contribution in [3.8, 4) is 11.5 Å². The molecular formula is C27H24N4O4. The van der Waals surface area contributed by atoms with Gasteiger partial charge in [-0.25, -0.2) is 9.79 Å². The van der Waals surface area contributed by atoms with Gasteiger partial charge in [0.2, 0.25) is 0 Å². The van der Waals surface area contributed by atoms with Crippen molar-refractivity contribution in [3.63, 3.8) is 0 Å². The number of amidine groups is 1. The van der Waals surface area contributed by atoms with Crippen LogP contribution in [0.2, 0.25) is 0 Å². The Labute approximate surface area is 202 Å². The van der Waals surface area contributed by atoms with Gasteiger partial charge in [0.15, 0.2) is 11.5 Å². The number of hydrogen-bond donors (Lipinski definition) is 2. The lowest BCUT2D eigenvalue weighted by molar-refractivity contribution is 0.0600. The Hall–Kier alpha value is -4.46. The van der Waals surface area contributed by atoms with Crippen LogP contribution in [0.1, 0.15) is 27.7 Å². The summed E-state index contributed by atoms with van der Waals surface area (Å²) in [6.45, 7) is 1.57. The van der Waals surface area contributed by atoms with E-state index < -0.39 is 0 Å². The second-order valence-corrected chi connectivity index (χ2v) is 8.37. The predicted molar refractivity (Wildman–Crippen MR) is 134 cm³/mol. The molecule has 0 spiro atoms. The minimum Gasteiger partial charge on any atom is -0.486 e. The predicted octanol–water partition coefficient (Wildman–Crippen LogP) is 4.49. The maximum absolute atomic E-state index is 11.9. The SMILES string of the molecule is COC(=O)c1ccc(C2Nc3ccccc3C3=CC(Nc4ccc5c(c4)OCCO5)=NCN32)cc1. The van der Waals surface area contributed by atoms with Crippen LogP contribution >= 0.6 is 0 Å². The first-order valence-electron chi connectivity index (χ1n) is 11.4. The first kappa shape index (κ1) is 21.1. The van der Waals surface area contributed by atoms with E-state index >= 15 is 0 Å². The number of esters is 1. The van der Waals surface area contributed by atoms with Crippen molar-refractivity contribution in [1.82, 2.24) is 4.90 Å². The van der Waals surface area contributed by atoms with E-state index in [-0.39, 0.29) is 12.1 Å². The van der Waals surface area contributed by atoms with Crippen molar-refractivity contribution in [1.29, 1.82) is 0 Å². The molecule has 0 saturated carbocycles. The van der Waals surface area contributed by atoms with E-state index in [1.165, 1.54) is 7.11 Å². The molecule has 1 unspecified atom stereocenters. The lowest BCUT2D eigenvalue weighted by Gasteiger charge is -2.42. The molecule has 3 aromatic carbocycles. The van der Waals surface area contributed by atoms with Gasteiger partial charge in [-0.1, -0.05) is 30.3 Å². The summed E-state index contributed by atoms with van der Waals surface area (Å²) in [4.78, 5) is 18.9. The number of fused-ring (bicyclic) bond motifs is 4. The van der Waals surface area contributed by atoms with Gasteiger partial charge in [-0.2, -0.15) is 0 Å². The van der Waals surface area contributed by atoms with Crippen molar-refractivity contribution in [2.45, 2.75) is 6.17 Å². The van der Waals surface area contributed by atoms with Crippen LogP contribution in [0, 0.1) is 0 Å². The smallest absolute Gasteiger partial charge is 0.337 e. The molecular weight excluding hydrogens is 444 g/mol. The molecule has 3 aliphatic rings. The Morgan fingerprint density at radius 2 is 1.86 bits per heavy atom. The monoisotopic (exact) mass is 468 g/mol. The van der Waals surface area contributed by atoms with Crippen LogP contribution in [0.25, 0.3) is 5.70 Å². The number of nitrogens with one attached hydrogen (secondary N) is 2. The fourth-order valence-electron chi connectivity index (χ4n) is 4.52. The van der Waals surface area contributed by atoms with Gasteiger partial charge >= 0.3 is 5.97 Å². The number of aliphatic imine (C=N–C) groups is 1. The largest absolute Gasteiger partial charge is 0.486 e. The molecule has 0 aromatic heterocycles. The van der Waals surface area contributed by atoms with Crippen LogP contribution < -0.4 is 20.1 Å². The molecule has 0 amide bonds. The van der Waals surface area contributed by atoms with Crippen molar-refractivity contribution in [3.05, 3.63) is 89.5 Å². The summed E-state index contributed by atoms with van der Waals surface area (Å²) in [5.74, 6) is 1.90. The summed E-state index contributed by atoms with van der Waals surface area (Å²) in [6.07, 6.45) is 1.93. The van der Waals surface area contributed by atoms with Gasteiger partial charge in [0, 0.05) is 29.1 Å². The van der Waals surface area contributed by atoms with Crippen molar-refractivity contribution < 1.29 is 19.0 Å². The van der Waals surface area contributed by atoms with E-state index in [1.807, 2.05) is 42.5 Å².